The van der Waals surface area contributed by atoms with Gasteiger partial charge in [-0.1, -0.05) is 6.92 Å². The molecule has 0 N–H and O–H groups in total. The van der Waals surface area contributed by atoms with E-state index >= 15 is 0 Å². The number of nitriles is 1. The molecule has 1 aliphatic heterocycles. The third kappa shape index (κ3) is 2.58. The van der Waals surface area contributed by atoms with Gasteiger partial charge in [-0.3, -0.25) is 0 Å². The van der Waals surface area contributed by atoms with Crippen molar-refractivity contribution in [3.63, 3.8) is 0 Å². The first-order valence-corrected chi connectivity index (χ1v) is 6.22. The number of hydrogen-bond acceptors (Lipinski definition) is 2. The molecular formula is C14H17FN2. The van der Waals surface area contributed by atoms with Crippen LogP contribution in [0.2, 0.25) is 0 Å². The van der Waals surface area contributed by atoms with Crippen molar-refractivity contribution in [1.82, 2.24) is 0 Å². The van der Waals surface area contributed by atoms with Crippen LogP contribution < -0.4 is 4.90 Å². The quantitative estimate of drug-likeness (QED) is 0.780. The van der Waals surface area contributed by atoms with Crippen LogP contribution >= 0.6 is 0 Å². The molecule has 0 aromatic heterocycles. The van der Waals surface area contributed by atoms with Gasteiger partial charge < -0.3 is 4.90 Å². The van der Waals surface area contributed by atoms with E-state index < -0.39 is 0 Å². The van der Waals surface area contributed by atoms with Gasteiger partial charge in [-0.05, 0) is 43.9 Å². The molecule has 1 unspecified atom stereocenters. The first-order chi connectivity index (χ1) is 8.24. The van der Waals surface area contributed by atoms with E-state index in [-0.39, 0.29) is 5.82 Å². The van der Waals surface area contributed by atoms with Gasteiger partial charge in [0.2, 0.25) is 0 Å². The topological polar surface area (TPSA) is 27.0 Å². The Bertz CT molecular complexity index is 436. The molecule has 1 aliphatic rings. The number of benzene rings is 1. The molecule has 17 heavy (non-hydrogen) atoms. The summed E-state index contributed by atoms with van der Waals surface area (Å²) in [6.45, 7) is 3.13. The van der Waals surface area contributed by atoms with E-state index in [2.05, 4.69) is 11.8 Å². The lowest BCUT2D eigenvalue weighted by Gasteiger charge is -2.37. The van der Waals surface area contributed by atoms with Crippen LogP contribution in [0.15, 0.2) is 18.2 Å². The SMILES string of the molecule is CCC1CCCCN1c1cc(F)cc(C#N)c1. The Labute approximate surface area is 102 Å². The fourth-order valence-electron chi connectivity index (χ4n) is 2.57. The molecule has 1 heterocycles. The Balaban J connectivity index is 2.31. The van der Waals surface area contributed by atoms with E-state index in [0.717, 1.165) is 31.5 Å². The van der Waals surface area contributed by atoms with Gasteiger partial charge in [0.15, 0.2) is 0 Å². The van der Waals surface area contributed by atoms with E-state index in [1.165, 1.54) is 18.6 Å². The number of rotatable bonds is 2. The number of anilines is 1. The Kier molecular flexibility index (Phi) is 3.63. The zero-order valence-corrected chi connectivity index (χ0v) is 10.1. The van der Waals surface area contributed by atoms with E-state index in [4.69, 9.17) is 5.26 Å². The maximum absolute atomic E-state index is 13.4. The fraction of sp³-hybridized carbons (Fsp3) is 0.500. The molecule has 1 atom stereocenters. The Hall–Kier alpha value is -1.56. The molecule has 0 bridgehead atoms. The molecule has 1 aromatic carbocycles. The molecule has 0 saturated carbocycles. The lowest BCUT2D eigenvalue weighted by molar-refractivity contribution is 0.449. The second-order valence-electron chi connectivity index (χ2n) is 4.56. The third-order valence-electron chi connectivity index (χ3n) is 3.44. The first kappa shape index (κ1) is 11.9. The highest BCUT2D eigenvalue weighted by molar-refractivity contribution is 5.53. The van der Waals surface area contributed by atoms with Gasteiger partial charge in [-0.15, -0.1) is 0 Å². The molecule has 1 aromatic rings. The lowest BCUT2D eigenvalue weighted by Crippen LogP contribution is -2.39. The maximum atomic E-state index is 13.4. The lowest BCUT2D eigenvalue weighted by atomic mass is 9.99. The molecule has 0 spiro atoms. The zero-order chi connectivity index (χ0) is 12.3. The van der Waals surface area contributed by atoms with Crippen LogP contribution in [0.5, 0.6) is 0 Å². The van der Waals surface area contributed by atoms with Crippen LogP contribution in [-0.4, -0.2) is 12.6 Å². The molecule has 2 nitrogen and oxygen atoms in total. The normalized spacial score (nSPS) is 20.1. The van der Waals surface area contributed by atoms with Gasteiger partial charge in [0.05, 0.1) is 11.6 Å². The highest BCUT2D eigenvalue weighted by atomic mass is 19.1. The molecule has 0 radical (unpaired) electrons. The molecule has 2 rings (SSSR count). The van der Waals surface area contributed by atoms with Crippen LogP contribution in [-0.2, 0) is 0 Å². The number of nitrogens with zero attached hydrogens (tertiary/aromatic N) is 2. The Morgan fingerprint density at radius 1 is 1.41 bits per heavy atom. The van der Waals surface area contributed by atoms with Crippen LogP contribution in [0.4, 0.5) is 10.1 Å². The minimum Gasteiger partial charge on any atom is -0.368 e. The molecule has 0 amide bonds. The van der Waals surface area contributed by atoms with Crippen molar-refractivity contribution in [2.45, 2.75) is 38.6 Å². The average molecular weight is 232 g/mol. The monoisotopic (exact) mass is 232 g/mol. The highest BCUT2D eigenvalue weighted by Gasteiger charge is 2.21. The summed E-state index contributed by atoms with van der Waals surface area (Å²) in [5.74, 6) is -0.320. The van der Waals surface area contributed by atoms with E-state index in [1.54, 1.807) is 6.07 Å². The van der Waals surface area contributed by atoms with Gasteiger partial charge in [0.25, 0.3) is 0 Å². The molecule has 90 valence electrons. The first-order valence-electron chi connectivity index (χ1n) is 6.22. The number of hydrogen-bond donors (Lipinski definition) is 0. The largest absolute Gasteiger partial charge is 0.368 e. The van der Waals surface area contributed by atoms with Gasteiger partial charge >= 0.3 is 0 Å². The summed E-state index contributed by atoms with van der Waals surface area (Å²) in [7, 11) is 0. The second-order valence-corrected chi connectivity index (χ2v) is 4.56. The Morgan fingerprint density at radius 2 is 2.24 bits per heavy atom. The van der Waals surface area contributed by atoms with E-state index in [0.29, 0.717) is 11.6 Å². The predicted octanol–water partition coefficient (Wildman–Crippen LogP) is 3.47. The summed E-state index contributed by atoms with van der Waals surface area (Å²) in [6, 6.07) is 7.11. The summed E-state index contributed by atoms with van der Waals surface area (Å²) in [4.78, 5) is 2.24. The third-order valence-corrected chi connectivity index (χ3v) is 3.44. The van der Waals surface area contributed by atoms with E-state index in [1.807, 2.05) is 6.07 Å². The summed E-state index contributed by atoms with van der Waals surface area (Å²) >= 11 is 0. The van der Waals surface area contributed by atoms with Gasteiger partial charge in [0, 0.05) is 18.3 Å². The minimum atomic E-state index is -0.320. The predicted molar refractivity (Wildman–Crippen MR) is 66.4 cm³/mol. The number of piperidine rings is 1. The summed E-state index contributed by atoms with van der Waals surface area (Å²) in [5, 5.41) is 8.87. The molecular weight excluding hydrogens is 215 g/mol. The second kappa shape index (κ2) is 5.18. The van der Waals surface area contributed by atoms with Crippen molar-refractivity contribution in [2.24, 2.45) is 0 Å². The standard InChI is InChI=1S/C14H17FN2/c1-2-13-5-3-4-6-17(13)14-8-11(10-16)7-12(15)9-14/h7-9,13H,2-6H2,1H3. The minimum absolute atomic E-state index is 0.320. The van der Waals surface area contributed by atoms with Crippen molar-refractivity contribution in [2.75, 3.05) is 11.4 Å². The smallest absolute Gasteiger partial charge is 0.126 e. The average Bonchev–Trinajstić information content (AvgIpc) is 2.37. The van der Waals surface area contributed by atoms with Gasteiger partial charge in [-0.25, -0.2) is 4.39 Å². The summed E-state index contributed by atoms with van der Waals surface area (Å²) < 4.78 is 13.4. The van der Waals surface area contributed by atoms with Crippen molar-refractivity contribution in [3.05, 3.63) is 29.6 Å². The zero-order valence-electron chi connectivity index (χ0n) is 10.1. The van der Waals surface area contributed by atoms with Gasteiger partial charge in [0.1, 0.15) is 5.82 Å². The Morgan fingerprint density at radius 3 is 2.94 bits per heavy atom. The van der Waals surface area contributed by atoms with Crippen LogP contribution in [0.1, 0.15) is 38.2 Å². The van der Waals surface area contributed by atoms with Crippen molar-refractivity contribution < 1.29 is 4.39 Å². The summed E-state index contributed by atoms with van der Waals surface area (Å²) in [5.41, 5.74) is 1.26. The van der Waals surface area contributed by atoms with Crippen LogP contribution in [0.3, 0.4) is 0 Å². The fourth-order valence-corrected chi connectivity index (χ4v) is 2.57. The summed E-state index contributed by atoms with van der Waals surface area (Å²) in [6.07, 6.45) is 4.62. The van der Waals surface area contributed by atoms with E-state index in [9.17, 15) is 4.39 Å². The van der Waals surface area contributed by atoms with Crippen LogP contribution in [0.25, 0.3) is 0 Å². The maximum Gasteiger partial charge on any atom is 0.126 e. The van der Waals surface area contributed by atoms with Crippen molar-refractivity contribution >= 4 is 5.69 Å². The van der Waals surface area contributed by atoms with Crippen molar-refractivity contribution in [1.29, 1.82) is 5.26 Å². The molecule has 1 saturated heterocycles. The molecule has 3 heteroatoms. The molecule has 1 fully saturated rings. The van der Waals surface area contributed by atoms with Crippen molar-refractivity contribution in [3.8, 4) is 6.07 Å². The highest BCUT2D eigenvalue weighted by Crippen LogP contribution is 2.27. The van der Waals surface area contributed by atoms with Crippen LogP contribution in [0, 0.1) is 17.1 Å². The van der Waals surface area contributed by atoms with Gasteiger partial charge in [-0.2, -0.15) is 5.26 Å². The number of halogens is 1. The molecule has 0 aliphatic carbocycles.